The minimum atomic E-state index is -1.18. The quantitative estimate of drug-likeness (QED) is 0.409. The van der Waals surface area contributed by atoms with Gasteiger partial charge < -0.3 is 16.2 Å². The second kappa shape index (κ2) is 5.80. The number of carbonyl (C=O) groups is 2. The molecule has 0 saturated heterocycles. The van der Waals surface area contributed by atoms with Crippen LogP contribution in [-0.4, -0.2) is 27.9 Å². The molecule has 1 atom stereocenters. The van der Waals surface area contributed by atoms with Crippen LogP contribution in [0.3, 0.4) is 0 Å². The van der Waals surface area contributed by atoms with E-state index in [1.165, 1.54) is 18.2 Å². The van der Waals surface area contributed by atoms with E-state index in [0.29, 0.717) is 0 Å². The van der Waals surface area contributed by atoms with E-state index in [0.717, 1.165) is 0 Å². The molecule has 0 radical (unpaired) electrons. The molecule has 1 aromatic carbocycles. The molecule has 0 aliphatic carbocycles. The van der Waals surface area contributed by atoms with Crippen molar-refractivity contribution in [3.8, 4) is 0 Å². The third kappa shape index (κ3) is 3.18. The molecule has 0 saturated carbocycles. The number of para-hydroxylation sites is 1. The van der Waals surface area contributed by atoms with E-state index in [1.807, 2.05) is 0 Å². The zero-order chi connectivity index (χ0) is 14.6. The molecule has 0 spiro atoms. The van der Waals surface area contributed by atoms with Gasteiger partial charge in [-0.1, -0.05) is 13.0 Å². The Morgan fingerprint density at radius 2 is 2.16 bits per heavy atom. The van der Waals surface area contributed by atoms with Gasteiger partial charge in [-0.2, -0.15) is 0 Å². The second-order valence-electron chi connectivity index (χ2n) is 3.77. The standard InChI is InChI=1S/C11H13N3O5/c1-2-7(11(16)17)13-10(15)6-4-3-5-8(9(6)12)14(18)19/h3-5,7H,2,12H2,1H3,(H,13,15)(H,16,17)/t7-/m0/s1. The molecule has 1 aromatic rings. The number of hydrogen-bond acceptors (Lipinski definition) is 5. The Morgan fingerprint density at radius 1 is 1.53 bits per heavy atom. The number of carboxylic acid groups (broad SMARTS) is 1. The number of nitrogens with two attached hydrogens (primary N) is 1. The highest BCUT2D eigenvalue weighted by Gasteiger charge is 2.23. The Morgan fingerprint density at radius 3 is 2.63 bits per heavy atom. The average molecular weight is 267 g/mol. The van der Waals surface area contributed by atoms with Gasteiger partial charge in [0.25, 0.3) is 11.6 Å². The monoisotopic (exact) mass is 267 g/mol. The lowest BCUT2D eigenvalue weighted by Gasteiger charge is -2.13. The van der Waals surface area contributed by atoms with E-state index in [-0.39, 0.29) is 17.7 Å². The second-order valence-corrected chi connectivity index (χ2v) is 3.77. The smallest absolute Gasteiger partial charge is 0.326 e. The lowest BCUT2D eigenvalue weighted by Crippen LogP contribution is -2.40. The average Bonchev–Trinajstić information content (AvgIpc) is 2.35. The van der Waals surface area contributed by atoms with Gasteiger partial charge in [0.2, 0.25) is 0 Å². The predicted molar refractivity (Wildman–Crippen MR) is 66.7 cm³/mol. The highest BCUT2D eigenvalue weighted by molar-refractivity contribution is 6.02. The number of anilines is 1. The molecule has 8 heteroatoms. The van der Waals surface area contributed by atoms with Crippen molar-refractivity contribution in [3.05, 3.63) is 33.9 Å². The number of nitrogens with one attached hydrogen (secondary N) is 1. The fourth-order valence-corrected chi connectivity index (χ4v) is 1.48. The first-order valence-corrected chi connectivity index (χ1v) is 5.45. The molecule has 0 aliphatic rings. The zero-order valence-electron chi connectivity index (χ0n) is 10.1. The summed E-state index contributed by atoms with van der Waals surface area (Å²) < 4.78 is 0. The van der Waals surface area contributed by atoms with Crippen LogP contribution in [0.2, 0.25) is 0 Å². The summed E-state index contributed by atoms with van der Waals surface area (Å²) in [4.78, 5) is 32.6. The number of hydrogen-bond donors (Lipinski definition) is 3. The summed E-state index contributed by atoms with van der Waals surface area (Å²) in [5, 5.41) is 21.8. The van der Waals surface area contributed by atoms with Crippen molar-refractivity contribution in [3.63, 3.8) is 0 Å². The molecule has 1 amide bonds. The van der Waals surface area contributed by atoms with Crippen LogP contribution in [0, 0.1) is 10.1 Å². The van der Waals surface area contributed by atoms with Crippen molar-refractivity contribution in [1.29, 1.82) is 0 Å². The molecule has 0 heterocycles. The summed E-state index contributed by atoms with van der Waals surface area (Å²) in [6, 6.07) is 2.71. The molecular weight excluding hydrogens is 254 g/mol. The Balaban J connectivity index is 3.04. The number of carboxylic acids is 1. The maximum absolute atomic E-state index is 11.8. The van der Waals surface area contributed by atoms with Crippen molar-refractivity contribution >= 4 is 23.3 Å². The summed E-state index contributed by atoms with van der Waals surface area (Å²) in [6.07, 6.45) is 0.190. The SMILES string of the molecule is CC[C@H](NC(=O)c1cccc([N+](=O)[O-])c1N)C(=O)O. The van der Waals surface area contributed by atoms with Gasteiger partial charge in [0.1, 0.15) is 11.7 Å². The lowest BCUT2D eigenvalue weighted by atomic mass is 10.1. The van der Waals surface area contributed by atoms with E-state index in [4.69, 9.17) is 10.8 Å². The third-order valence-electron chi connectivity index (χ3n) is 2.54. The zero-order valence-corrected chi connectivity index (χ0v) is 10.1. The summed E-state index contributed by atoms with van der Waals surface area (Å²) in [6.45, 7) is 1.59. The number of amides is 1. The Labute approximate surface area is 108 Å². The number of aliphatic carboxylic acids is 1. The van der Waals surface area contributed by atoms with E-state index >= 15 is 0 Å². The van der Waals surface area contributed by atoms with Gasteiger partial charge in [-0.3, -0.25) is 14.9 Å². The minimum absolute atomic E-state index is 0.117. The minimum Gasteiger partial charge on any atom is -0.480 e. The lowest BCUT2D eigenvalue weighted by molar-refractivity contribution is -0.383. The number of nitro benzene ring substituents is 1. The molecule has 4 N–H and O–H groups in total. The number of rotatable bonds is 5. The summed E-state index contributed by atoms with van der Waals surface area (Å²) in [5.74, 6) is -1.93. The Bertz CT molecular complexity index is 529. The van der Waals surface area contributed by atoms with Crippen LogP contribution < -0.4 is 11.1 Å². The van der Waals surface area contributed by atoms with Gasteiger partial charge in [0.15, 0.2) is 0 Å². The van der Waals surface area contributed by atoms with Crippen LogP contribution in [0.1, 0.15) is 23.7 Å². The fourth-order valence-electron chi connectivity index (χ4n) is 1.48. The van der Waals surface area contributed by atoms with Crippen LogP contribution >= 0.6 is 0 Å². The highest BCUT2D eigenvalue weighted by atomic mass is 16.6. The number of benzene rings is 1. The number of nitro groups is 1. The van der Waals surface area contributed by atoms with Crippen molar-refractivity contribution in [2.24, 2.45) is 0 Å². The van der Waals surface area contributed by atoms with Gasteiger partial charge in [-0.05, 0) is 12.5 Å². The molecule has 0 unspecified atom stereocenters. The van der Waals surface area contributed by atoms with Crippen molar-refractivity contribution in [2.75, 3.05) is 5.73 Å². The Kier molecular flexibility index (Phi) is 4.41. The van der Waals surface area contributed by atoms with E-state index in [1.54, 1.807) is 6.92 Å². The summed E-state index contributed by atoms with van der Waals surface area (Å²) in [7, 11) is 0. The highest BCUT2D eigenvalue weighted by Crippen LogP contribution is 2.24. The van der Waals surface area contributed by atoms with Crippen molar-refractivity contribution in [2.45, 2.75) is 19.4 Å². The maximum atomic E-state index is 11.8. The van der Waals surface area contributed by atoms with Gasteiger partial charge in [0.05, 0.1) is 10.5 Å². The first-order chi connectivity index (χ1) is 8.88. The van der Waals surface area contributed by atoms with Crippen molar-refractivity contribution < 1.29 is 19.6 Å². The largest absolute Gasteiger partial charge is 0.480 e. The van der Waals surface area contributed by atoms with E-state index in [2.05, 4.69) is 5.32 Å². The predicted octanol–water partition coefficient (Wildman–Crippen LogP) is 0.770. The molecule has 0 bridgehead atoms. The van der Waals surface area contributed by atoms with Crippen LogP contribution in [0.15, 0.2) is 18.2 Å². The maximum Gasteiger partial charge on any atom is 0.326 e. The van der Waals surface area contributed by atoms with Crippen LogP contribution in [0.5, 0.6) is 0 Å². The van der Waals surface area contributed by atoms with Crippen molar-refractivity contribution in [1.82, 2.24) is 5.32 Å². The normalized spacial score (nSPS) is 11.6. The van der Waals surface area contributed by atoms with Gasteiger partial charge in [0, 0.05) is 6.07 Å². The summed E-state index contributed by atoms with van der Waals surface area (Å²) in [5.41, 5.74) is 4.73. The fraction of sp³-hybridized carbons (Fsp3) is 0.273. The van der Waals surface area contributed by atoms with E-state index < -0.39 is 28.5 Å². The molecule has 0 aromatic heterocycles. The van der Waals surface area contributed by atoms with Gasteiger partial charge in [-0.25, -0.2) is 4.79 Å². The first kappa shape index (κ1) is 14.4. The van der Waals surface area contributed by atoms with E-state index in [9.17, 15) is 19.7 Å². The molecule has 0 aliphatic heterocycles. The molecule has 1 rings (SSSR count). The topological polar surface area (TPSA) is 136 Å². The first-order valence-electron chi connectivity index (χ1n) is 5.45. The molecule has 8 nitrogen and oxygen atoms in total. The van der Waals surface area contributed by atoms with Crippen LogP contribution in [0.25, 0.3) is 0 Å². The van der Waals surface area contributed by atoms with Gasteiger partial charge in [-0.15, -0.1) is 0 Å². The number of nitrogen functional groups attached to an aromatic ring is 1. The van der Waals surface area contributed by atoms with Gasteiger partial charge >= 0.3 is 5.97 Å². The Hall–Kier alpha value is -2.64. The summed E-state index contributed by atoms with van der Waals surface area (Å²) >= 11 is 0. The molecule has 0 fully saturated rings. The molecular formula is C11H13N3O5. The number of nitrogens with zero attached hydrogens (tertiary/aromatic N) is 1. The molecule has 19 heavy (non-hydrogen) atoms. The van der Waals surface area contributed by atoms with Crippen LogP contribution in [0.4, 0.5) is 11.4 Å². The number of carbonyl (C=O) groups excluding carboxylic acids is 1. The third-order valence-corrected chi connectivity index (χ3v) is 2.54. The molecule has 102 valence electrons. The van der Waals surface area contributed by atoms with Crippen LogP contribution in [-0.2, 0) is 4.79 Å².